The van der Waals surface area contributed by atoms with Gasteiger partial charge >= 0.3 is 0 Å². The van der Waals surface area contributed by atoms with Crippen molar-refractivity contribution in [2.75, 3.05) is 13.6 Å². The lowest BCUT2D eigenvalue weighted by Gasteiger charge is -2.17. The number of benzene rings is 1. The van der Waals surface area contributed by atoms with Crippen molar-refractivity contribution < 1.29 is 0 Å². The van der Waals surface area contributed by atoms with E-state index in [-0.39, 0.29) is 30.0 Å². The van der Waals surface area contributed by atoms with E-state index in [0.29, 0.717) is 5.92 Å². The molecule has 0 amide bonds. The standard InChI is InChI=1S/C18H23N3S.HI/c1-13(17-9-6-10-22-17)21-18(19-2)20-12-15-11-16(15)14-7-4-3-5-8-14;/h3-10,13,15-16H,11-12H2,1-2H3,(H2,19,20,21);1H. The zero-order chi connectivity index (χ0) is 15.4. The molecule has 3 unspecified atom stereocenters. The maximum Gasteiger partial charge on any atom is 0.191 e. The molecule has 5 heteroatoms. The van der Waals surface area contributed by atoms with Crippen molar-refractivity contribution in [1.82, 2.24) is 10.6 Å². The van der Waals surface area contributed by atoms with Gasteiger partial charge in [-0.3, -0.25) is 4.99 Å². The molecule has 3 rings (SSSR count). The van der Waals surface area contributed by atoms with Gasteiger partial charge in [-0.2, -0.15) is 0 Å². The number of nitrogens with one attached hydrogen (secondary N) is 2. The second-order valence-electron chi connectivity index (χ2n) is 5.85. The van der Waals surface area contributed by atoms with Crippen LogP contribution in [0.15, 0.2) is 52.8 Å². The highest BCUT2D eigenvalue weighted by Crippen LogP contribution is 2.46. The molecular weight excluding hydrogens is 417 g/mol. The summed E-state index contributed by atoms with van der Waals surface area (Å²) in [5.41, 5.74) is 1.46. The number of nitrogens with zero attached hydrogens (tertiary/aromatic N) is 1. The van der Waals surface area contributed by atoms with Gasteiger partial charge in [-0.15, -0.1) is 35.3 Å². The minimum absolute atomic E-state index is 0. The molecule has 1 aliphatic carbocycles. The van der Waals surface area contributed by atoms with Crippen molar-refractivity contribution in [3.63, 3.8) is 0 Å². The topological polar surface area (TPSA) is 36.4 Å². The third-order valence-corrected chi connectivity index (χ3v) is 5.28. The fourth-order valence-electron chi connectivity index (χ4n) is 2.82. The molecule has 0 saturated heterocycles. The van der Waals surface area contributed by atoms with Gasteiger partial charge in [-0.05, 0) is 42.2 Å². The number of hydrogen-bond acceptors (Lipinski definition) is 2. The number of thiophene rings is 1. The highest BCUT2D eigenvalue weighted by Gasteiger charge is 2.37. The quantitative estimate of drug-likeness (QED) is 0.410. The summed E-state index contributed by atoms with van der Waals surface area (Å²) < 4.78 is 0. The van der Waals surface area contributed by atoms with Crippen molar-refractivity contribution in [3.8, 4) is 0 Å². The van der Waals surface area contributed by atoms with E-state index in [1.165, 1.54) is 16.9 Å². The predicted octanol–water partition coefficient (Wildman–Crippen LogP) is 4.40. The van der Waals surface area contributed by atoms with Crippen molar-refractivity contribution in [2.24, 2.45) is 10.9 Å². The van der Waals surface area contributed by atoms with Gasteiger partial charge in [0.25, 0.3) is 0 Å². The first kappa shape index (κ1) is 18.3. The third-order valence-electron chi connectivity index (χ3n) is 4.23. The maximum atomic E-state index is 4.33. The van der Waals surface area contributed by atoms with Crippen LogP contribution in [0, 0.1) is 5.92 Å². The van der Waals surface area contributed by atoms with E-state index in [4.69, 9.17) is 0 Å². The number of hydrogen-bond donors (Lipinski definition) is 2. The molecule has 1 fully saturated rings. The van der Waals surface area contributed by atoms with Gasteiger partial charge in [-0.1, -0.05) is 36.4 Å². The Morgan fingerprint density at radius 2 is 2.04 bits per heavy atom. The van der Waals surface area contributed by atoms with Gasteiger partial charge in [0.1, 0.15) is 0 Å². The molecule has 0 spiro atoms. The van der Waals surface area contributed by atoms with Crippen molar-refractivity contribution >= 4 is 41.3 Å². The summed E-state index contributed by atoms with van der Waals surface area (Å²) in [5.74, 6) is 2.32. The Morgan fingerprint density at radius 3 is 2.70 bits per heavy atom. The summed E-state index contributed by atoms with van der Waals surface area (Å²) in [4.78, 5) is 5.66. The maximum absolute atomic E-state index is 4.33. The molecule has 3 nitrogen and oxygen atoms in total. The molecule has 3 atom stereocenters. The first-order chi connectivity index (χ1) is 10.8. The molecule has 124 valence electrons. The van der Waals surface area contributed by atoms with Crippen LogP contribution >= 0.6 is 35.3 Å². The fourth-order valence-corrected chi connectivity index (χ4v) is 3.55. The molecule has 23 heavy (non-hydrogen) atoms. The highest BCUT2D eigenvalue weighted by atomic mass is 127. The average molecular weight is 441 g/mol. The van der Waals surface area contributed by atoms with Crippen LogP contribution in [0.3, 0.4) is 0 Å². The summed E-state index contributed by atoms with van der Waals surface area (Å²) in [6.07, 6.45) is 1.27. The van der Waals surface area contributed by atoms with Crippen LogP contribution in [-0.2, 0) is 0 Å². The van der Waals surface area contributed by atoms with E-state index in [2.05, 4.69) is 70.4 Å². The molecule has 0 radical (unpaired) electrons. The van der Waals surface area contributed by atoms with Gasteiger partial charge in [-0.25, -0.2) is 0 Å². The van der Waals surface area contributed by atoms with Gasteiger partial charge in [0, 0.05) is 18.5 Å². The average Bonchev–Trinajstić information content (AvgIpc) is 3.12. The largest absolute Gasteiger partial charge is 0.356 e. The molecule has 1 heterocycles. The monoisotopic (exact) mass is 441 g/mol. The molecule has 1 aliphatic rings. The molecule has 2 N–H and O–H groups in total. The number of rotatable bonds is 5. The second-order valence-corrected chi connectivity index (χ2v) is 6.83. The number of guanidine groups is 1. The Morgan fingerprint density at radius 1 is 1.26 bits per heavy atom. The summed E-state index contributed by atoms with van der Waals surface area (Å²) in [6, 6.07) is 15.3. The number of halogens is 1. The van der Waals surface area contributed by atoms with Crippen molar-refractivity contribution in [1.29, 1.82) is 0 Å². The van der Waals surface area contributed by atoms with Gasteiger partial charge < -0.3 is 10.6 Å². The molecule has 1 saturated carbocycles. The summed E-state index contributed by atoms with van der Waals surface area (Å²) in [6.45, 7) is 3.15. The highest BCUT2D eigenvalue weighted by molar-refractivity contribution is 14.0. The lowest BCUT2D eigenvalue weighted by Crippen LogP contribution is -2.39. The van der Waals surface area contributed by atoms with Crippen LogP contribution in [0.4, 0.5) is 0 Å². The molecule has 0 aliphatic heterocycles. The van der Waals surface area contributed by atoms with Crippen LogP contribution in [-0.4, -0.2) is 19.6 Å². The zero-order valence-corrected chi connectivity index (χ0v) is 16.7. The third kappa shape index (κ3) is 4.94. The zero-order valence-electron chi connectivity index (χ0n) is 13.5. The normalized spacial score (nSPS) is 21.2. The SMILES string of the molecule is CN=C(NCC1CC1c1ccccc1)NC(C)c1cccs1.I. The van der Waals surface area contributed by atoms with E-state index in [0.717, 1.165) is 18.4 Å². The molecule has 1 aromatic heterocycles. The molecule has 2 aromatic rings. The van der Waals surface area contributed by atoms with E-state index < -0.39 is 0 Å². The first-order valence-electron chi connectivity index (χ1n) is 7.83. The van der Waals surface area contributed by atoms with Crippen LogP contribution in [0.5, 0.6) is 0 Å². The first-order valence-corrected chi connectivity index (χ1v) is 8.71. The lowest BCUT2D eigenvalue weighted by atomic mass is 10.1. The Bertz CT molecular complexity index is 612. The van der Waals surface area contributed by atoms with Gasteiger partial charge in [0.15, 0.2) is 5.96 Å². The Hall–Kier alpha value is -1.08. The fraction of sp³-hybridized carbons (Fsp3) is 0.389. The van der Waals surface area contributed by atoms with Crippen molar-refractivity contribution in [2.45, 2.75) is 25.3 Å². The van der Waals surface area contributed by atoms with E-state index in [1.807, 2.05) is 7.05 Å². The van der Waals surface area contributed by atoms with Gasteiger partial charge in [0.05, 0.1) is 6.04 Å². The summed E-state index contributed by atoms with van der Waals surface area (Å²) >= 11 is 1.77. The minimum atomic E-state index is 0. The predicted molar refractivity (Wildman–Crippen MR) is 110 cm³/mol. The van der Waals surface area contributed by atoms with E-state index >= 15 is 0 Å². The van der Waals surface area contributed by atoms with Crippen LogP contribution in [0.1, 0.15) is 35.7 Å². The Balaban J connectivity index is 0.00000192. The smallest absolute Gasteiger partial charge is 0.191 e. The van der Waals surface area contributed by atoms with E-state index in [9.17, 15) is 0 Å². The second kappa shape index (κ2) is 8.68. The molecule has 1 aromatic carbocycles. The minimum Gasteiger partial charge on any atom is -0.356 e. The summed E-state index contributed by atoms with van der Waals surface area (Å²) in [7, 11) is 1.83. The molecular formula is C18H24IN3S. The Labute approximate surface area is 159 Å². The lowest BCUT2D eigenvalue weighted by molar-refractivity contribution is 0.673. The van der Waals surface area contributed by atoms with Crippen molar-refractivity contribution in [3.05, 3.63) is 58.3 Å². The molecule has 0 bridgehead atoms. The van der Waals surface area contributed by atoms with Crippen LogP contribution < -0.4 is 10.6 Å². The summed E-state index contributed by atoms with van der Waals surface area (Å²) in [5, 5.41) is 9.03. The van der Waals surface area contributed by atoms with Crippen LogP contribution in [0.2, 0.25) is 0 Å². The number of aliphatic imine (C=N–C) groups is 1. The Kier molecular flexibility index (Phi) is 6.89. The van der Waals surface area contributed by atoms with Crippen LogP contribution in [0.25, 0.3) is 0 Å². The van der Waals surface area contributed by atoms with Gasteiger partial charge in [0.2, 0.25) is 0 Å². The van der Waals surface area contributed by atoms with E-state index in [1.54, 1.807) is 11.3 Å².